The first kappa shape index (κ1) is 11.3. The highest BCUT2D eigenvalue weighted by atomic mass is 16.4. The second-order valence-corrected chi connectivity index (χ2v) is 4.85. The standard InChI is InChI=1S/C13H18N4O/c1-17(9-5-6-9)8-7-15-13-16-12-10(14)3-2-4-11(12)18-13/h2-4,9H,5-8,14H2,1H3,(H,15,16). The monoisotopic (exact) mass is 246 g/mol. The third-order valence-electron chi connectivity index (χ3n) is 3.36. The van der Waals surface area contributed by atoms with Gasteiger partial charge in [0.05, 0.1) is 5.69 Å². The Morgan fingerprint density at radius 2 is 2.33 bits per heavy atom. The molecule has 5 nitrogen and oxygen atoms in total. The second-order valence-electron chi connectivity index (χ2n) is 4.85. The summed E-state index contributed by atoms with van der Waals surface area (Å²) in [6.07, 6.45) is 2.66. The van der Waals surface area contributed by atoms with E-state index in [0.29, 0.717) is 11.7 Å². The molecule has 0 radical (unpaired) electrons. The number of likely N-dealkylation sites (N-methyl/N-ethyl adjacent to an activating group) is 1. The first-order chi connectivity index (χ1) is 8.74. The van der Waals surface area contributed by atoms with Crippen LogP contribution < -0.4 is 11.1 Å². The van der Waals surface area contributed by atoms with E-state index in [2.05, 4.69) is 22.2 Å². The number of oxazole rings is 1. The highest BCUT2D eigenvalue weighted by Gasteiger charge is 2.25. The molecule has 1 fully saturated rings. The number of nitrogen functional groups attached to an aromatic ring is 1. The lowest BCUT2D eigenvalue weighted by Gasteiger charge is -2.14. The molecule has 0 spiro atoms. The smallest absolute Gasteiger partial charge is 0.295 e. The number of hydrogen-bond donors (Lipinski definition) is 2. The molecule has 3 rings (SSSR count). The lowest BCUT2D eigenvalue weighted by molar-refractivity contribution is 0.336. The topological polar surface area (TPSA) is 67.3 Å². The Balaban J connectivity index is 1.62. The summed E-state index contributed by atoms with van der Waals surface area (Å²) in [5.41, 5.74) is 7.95. The van der Waals surface area contributed by atoms with E-state index in [1.54, 1.807) is 0 Å². The molecule has 96 valence electrons. The molecule has 0 unspecified atom stereocenters. The van der Waals surface area contributed by atoms with E-state index in [-0.39, 0.29) is 0 Å². The number of nitrogens with one attached hydrogen (secondary N) is 1. The summed E-state index contributed by atoms with van der Waals surface area (Å²) in [5.74, 6) is 0. The van der Waals surface area contributed by atoms with Crippen LogP contribution in [-0.2, 0) is 0 Å². The van der Waals surface area contributed by atoms with Gasteiger partial charge in [-0.1, -0.05) is 6.07 Å². The molecule has 0 saturated heterocycles. The number of aromatic nitrogens is 1. The molecule has 1 heterocycles. The molecule has 1 aliphatic rings. The van der Waals surface area contributed by atoms with Crippen molar-refractivity contribution in [2.24, 2.45) is 0 Å². The number of fused-ring (bicyclic) bond motifs is 1. The second kappa shape index (κ2) is 4.49. The molecule has 3 N–H and O–H groups in total. The van der Waals surface area contributed by atoms with Crippen molar-refractivity contribution < 1.29 is 4.42 Å². The van der Waals surface area contributed by atoms with Gasteiger partial charge in [0.1, 0.15) is 5.52 Å². The predicted octanol–water partition coefficient (Wildman–Crippen LogP) is 1.92. The molecular formula is C13H18N4O. The van der Waals surface area contributed by atoms with Crippen LogP contribution in [0.1, 0.15) is 12.8 Å². The average molecular weight is 246 g/mol. The van der Waals surface area contributed by atoms with Gasteiger partial charge < -0.3 is 20.4 Å². The molecule has 0 bridgehead atoms. The number of para-hydroxylation sites is 1. The highest BCUT2D eigenvalue weighted by Crippen LogP contribution is 2.25. The Morgan fingerprint density at radius 1 is 1.50 bits per heavy atom. The summed E-state index contributed by atoms with van der Waals surface area (Å²) in [4.78, 5) is 6.71. The Morgan fingerprint density at radius 3 is 3.06 bits per heavy atom. The largest absolute Gasteiger partial charge is 0.423 e. The molecule has 1 saturated carbocycles. The van der Waals surface area contributed by atoms with Gasteiger partial charge in [0.15, 0.2) is 5.58 Å². The molecule has 2 aromatic rings. The lowest BCUT2D eigenvalue weighted by Crippen LogP contribution is -2.27. The van der Waals surface area contributed by atoms with E-state index in [0.717, 1.165) is 30.2 Å². The van der Waals surface area contributed by atoms with E-state index in [1.165, 1.54) is 12.8 Å². The van der Waals surface area contributed by atoms with E-state index in [4.69, 9.17) is 10.2 Å². The van der Waals surface area contributed by atoms with E-state index < -0.39 is 0 Å². The number of rotatable bonds is 5. The van der Waals surface area contributed by atoms with E-state index in [1.807, 2.05) is 18.2 Å². The van der Waals surface area contributed by atoms with Gasteiger partial charge in [-0.25, -0.2) is 0 Å². The molecule has 5 heteroatoms. The average Bonchev–Trinajstić information content (AvgIpc) is 3.11. The SMILES string of the molecule is CN(CCNc1nc2c(N)cccc2o1)C1CC1. The van der Waals surface area contributed by atoms with Crippen molar-refractivity contribution in [1.29, 1.82) is 0 Å². The van der Waals surface area contributed by atoms with Crippen molar-refractivity contribution >= 4 is 22.8 Å². The number of nitrogens with two attached hydrogens (primary N) is 1. The fourth-order valence-electron chi connectivity index (χ4n) is 2.08. The van der Waals surface area contributed by atoms with Crippen molar-refractivity contribution in [2.75, 3.05) is 31.2 Å². The molecular weight excluding hydrogens is 228 g/mol. The van der Waals surface area contributed by atoms with E-state index >= 15 is 0 Å². The van der Waals surface area contributed by atoms with Crippen LogP contribution in [0.3, 0.4) is 0 Å². The van der Waals surface area contributed by atoms with Gasteiger partial charge >= 0.3 is 0 Å². The third-order valence-corrected chi connectivity index (χ3v) is 3.36. The van der Waals surface area contributed by atoms with Crippen molar-refractivity contribution in [2.45, 2.75) is 18.9 Å². The van der Waals surface area contributed by atoms with Crippen LogP contribution in [0, 0.1) is 0 Å². The first-order valence-electron chi connectivity index (χ1n) is 6.33. The zero-order valence-corrected chi connectivity index (χ0v) is 10.5. The number of hydrogen-bond acceptors (Lipinski definition) is 5. The summed E-state index contributed by atoms with van der Waals surface area (Å²) < 4.78 is 5.59. The molecule has 0 atom stereocenters. The zero-order chi connectivity index (χ0) is 12.5. The first-order valence-corrected chi connectivity index (χ1v) is 6.33. The zero-order valence-electron chi connectivity index (χ0n) is 10.5. The van der Waals surface area contributed by atoms with E-state index in [9.17, 15) is 0 Å². The van der Waals surface area contributed by atoms with Crippen LogP contribution in [0.2, 0.25) is 0 Å². The van der Waals surface area contributed by atoms with Crippen molar-refractivity contribution in [1.82, 2.24) is 9.88 Å². The Kier molecular flexibility index (Phi) is 2.83. The van der Waals surface area contributed by atoms with Gasteiger partial charge in [0.2, 0.25) is 0 Å². The van der Waals surface area contributed by atoms with Crippen LogP contribution in [-0.4, -0.2) is 36.1 Å². The summed E-state index contributed by atoms with van der Waals surface area (Å²) in [6.45, 7) is 1.83. The van der Waals surface area contributed by atoms with Crippen molar-refractivity contribution in [3.8, 4) is 0 Å². The summed E-state index contributed by atoms with van der Waals surface area (Å²) >= 11 is 0. The van der Waals surface area contributed by atoms with Crippen LogP contribution in [0.4, 0.5) is 11.7 Å². The maximum absolute atomic E-state index is 5.84. The van der Waals surface area contributed by atoms with Crippen LogP contribution in [0.5, 0.6) is 0 Å². The van der Waals surface area contributed by atoms with Crippen molar-refractivity contribution in [3.05, 3.63) is 18.2 Å². The molecule has 1 aliphatic carbocycles. The molecule has 0 amide bonds. The van der Waals surface area contributed by atoms with Gasteiger partial charge in [0, 0.05) is 19.1 Å². The molecule has 1 aromatic heterocycles. The van der Waals surface area contributed by atoms with Crippen molar-refractivity contribution in [3.63, 3.8) is 0 Å². The van der Waals surface area contributed by atoms with Gasteiger partial charge in [-0.2, -0.15) is 4.98 Å². The predicted molar refractivity (Wildman–Crippen MR) is 72.6 cm³/mol. The van der Waals surface area contributed by atoms with Gasteiger partial charge in [-0.05, 0) is 32.0 Å². The third kappa shape index (κ3) is 2.26. The Hall–Kier alpha value is -1.75. The van der Waals surface area contributed by atoms with Crippen LogP contribution >= 0.6 is 0 Å². The highest BCUT2D eigenvalue weighted by molar-refractivity contribution is 5.86. The minimum absolute atomic E-state index is 0.548. The molecule has 18 heavy (non-hydrogen) atoms. The van der Waals surface area contributed by atoms with Crippen LogP contribution in [0.15, 0.2) is 22.6 Å². The number of benzene rings is 1. The lowest BCUT2D eigenvalue weighted by atomic mass is 10.3. The maximum Gasteiger partial charge on any atom is 0.295 e. The Bertz CT molecular complexity index is 547. The van der Waals surface area contributed by atoms with Gasteiger partial charge in [-0.15, -0.1) is 0 Å². The maximum atomic E-state index is 5.84. The van der Waals surface area contributed by atoms with Crippen LogP contribution in [0.25, 0.3) is 11.1 Å². The minimum Gasteiger partial charge on any atom is -0.423 e. The number of nitrogens with zero attached hydrogens (tertiary/aromatic N) is 2. The molecule has 1 aromatic carbocycles. The summed E-state index contributed by atoms with van der Waals surface area (Å²) in [6, 6.07) is 6.90. The number of anilines is 2. The van der Waals surface area contributed by atoms with Gasteiger partial charge in [-0.3, -0.25) is 0 Å². The fraction of sp³-hybridized carbons (Fsp3) is 0.462. The minimum atomic E-state index is 0.548. The summed E-state index contributed by atoms with van der Waals surface area (Å²) in [5, 5.41) is 3.20. The molecule has 0 aliphatic heterocycles. The normalized spacial score (nSPS) is 15.4. The summed E-state index contributed by atoms with van der Waals surface area (Å²) in [7, 11) is 2.16. The fourth-order valence-corrected chi connectivity index (χ4v) is 2.08. The van der Waals surface area contributed by atoms with Gasteiger partial charge in [0.25, 0.3) is 6.01 Å². The Labute approximate surface area is 106 Å². The quantitative estimate of drug-likeness (QED) is 0.789.